The number of hydrogen-bond acceptors (Lipinski definition) is 4. The Labute approximate surface area is 208 Å². The first-order valence-corrected chi connectivity index (χ1v) is 12.6. The van der Waals surface area contributed by atoms with Crippen LogP contribution in [0, 0.1) is 5.82 Å². The molecular weight excluding hydrogens is 469 g/mol. The summed E-state index contributed by atoms with van der Waals surface area (Å²) < 4.78 is 42.3. The average molecular weight is 501 g/mol. The van der Waals surface area contributed by atoms with Crippen molar-refractivity contribution in [1.82, 2.24) is 9.55 Å². The van der Waals surface area contributed by atoms with E-state index in [0.29, 0.717) is 46.7 Å². The van der Waals surface area contributed by atoms with Crippen LogP contribution >= 0.6 is 0 Å². The number of benzene rings is 2. The number of aryl methyl sites for hydroxylation is 2. The zero-order valence-corrected chi connectivity index (χ0v) is 21.5. The molecule has 0 aliphatic rings. The molecule has 0 aliphatic carbocycles. The largest absolute Gasteiger partial charge is 0.755 e. The first kappa shape index (κ1) is 26.6. The lowest BCUT2D eigenvalue weighted by Gasteiger charge is -2.39. The van der Waals surface area contributed by atoms with Crippen molar-refractivity contribution in [3.8, 4) is 11.1 Å². The van der Waals surface area contributed by atoms with Crippen molar-refractivity contribution in [1.29, 1.82) is 0 Å². The second-order valence-electron chi connectivity index (χ2n) is 9.32. The first-order chi connectivity index (χ1) is 16.5. The number of nitrogens with zero attached hydrogens (tertiary/aromatic N) is 3. The Hall–Kier alpha value is -3.04. The minimum atomic E-state index is -2.53. The van der Waals surface area contributed by atoms with Gasteiger partial charge in [-0.25, -0.2) is 14.2 Å². The molecule has 188 valence electrons. The summed E-state index contributed by atoms with van der Waals surface area (Å²) in [5, 5.41) is 9.78. The van der Waals surface area contributed by atoms with Gasteiger partial charge in [0, 0.05) is 34.4 Å². The molecule has 0 aliphatic heterocycles. The molecule has 1 heterocycles. The summed E-state index contributed by atoms with van der Waals surface area (Å²) in [6.45, 7) is 9.22. The lowest BCUT2D eigenvalue weighted by molar-refractivity contribution is 0.0684. The van der Waals surface area contributed by atoms with Crippen LogP contribution in [0.15, 0.2) is 42.5 Å². The van der Waals surface area contributed by atoms with E-state index < -0.39 is 28.6 Å². The van der Waals surface area contributed by atoms with Crippen LogP contribution in [0.2, 0.25) is 0 Å². The van der Waals surface area contributed by atoms with Gasteiger partial charge in [-0.1, -0.05) is 44.2 Å². The highest BCUT2D eigenvalue weighted by molar-refractivity contribution is 7.80. The third-order valence-electron chi connectivity index (χ3n) is 5.70. The Morgan fingerprint density at radius 2 is 1.89 bits per heavy atom. The molecule has 3 aromatic rings. The quantitative estimate of drug-likeness (QED) is 0.399. The summed E-state index contributed by atoms with van der Waals surface area (Å²) in [4.78, 5) is 16.5. The average Bonchev–Trinajstić information content (AvgIpc) is 3.12. The Kier molecular flexibility index (Phi) is 8.12. The maximum Gasteiger partial charge on any atom is 0.354 e. The van der Waals surface area contributed by atoms with Crippen LogP contribution in [0.4, 0.5) is 10.1 Å². The first-order valence-electron chi connectivity index (χ1n) is 11.6. The van der Waals surface area contributed by atoms with Gasteiger partial charge in [0.05, 0.1) is 17.9 Å². The lowest BCUT2D eigenvalue weighted by Crippen LogP contribution is -2.42. The topological polar surface area (TPSA) is 98.5 Å². The normalized spacial score (nSPS) is 12.5. The number of para-hydroxylation sites is 1. The number of halogens is 1. The molecule has 1 unspecified atom stereocenters. The Balaban J connectivity index is 2.06. The maximum atomic E-state index is 15.4. The third-order valence-corrected chi connectivity index (χ3v) is 6.75. The molecule has 7 nitrogen and oxygen atoms in total. The van der Waals surface area contributed by atoms with Crippen LogP contribution in [-0.2, 0) is 30.7 Å². The second-order valence-corrected chi connectivity index (χ2v) is 10.1. The molecule has 0 spiro atoms. The van der Waals surface area contributed by atoms with Crippen molar-refractivity contribution in [3.63, 3.8) is 0 Å². The van der Waals surface area contributed by atoms with E-state index in [9.17, 15) is 18.7 Å². The molecule has 0 bridgehead atoms. The third kappa shape index (κ3) is 5.62. The molecular formula is C26H31FN3O4S-. The van der Waals surface area contributed by atoms with Crippen LogP contribution in [0.5, 0.6) is 0 Å². The van der Waals surface area contributed by atoms with E-state index in [0.717, 1.165) is 6.42 Å². The highest BCUT2D eigenvalue weighted by Gasteiger charge is 2.26. The summed E-state index contributed by atoms with van der Waals surface area (Å²) in [5.74, 6) is -0.974. The van der Waals surface area contributed by atoms with Gasteiger partial charge in [-0.15, -0.1) is 0 Å². The SMILES string of the molecule is CCCc1nc(CC)c(C(=O)O)n1Cc1ccc(-c2ccccc2N(S(=O)[O-])C(C)(C)C)cc1F. The van der Waals surface area contributed by atoms with Gasteiger partial charge in [-0.3, -0.25) is 8.51 Å². The van der Waals surface area contributed by atoms with Gasteiger partial charge in [-0.05, 0) is 51.3 Å². The van der Waals surface area contributed by atoms with E-state index >= 15 is 4.39 Å². The van der Waals surface area contributed by atoms with Gasteiger partial charge >= 0.3 is 5.97 Å². The highest BCUT2D eigenvalue weighted by atomic mass is 32.2. The van der Waals surface area contributed by atoms with E-state index in [-0.39, 0.29) is 12.2 Å². The zero-order chi connectivity index (χ0) is 25.9. The van der Waals surface area contributed by atoms with E-state index in [1.54, 1.807) is 61.7 Å². The number of aromatic carboxylic acids is 1. The van der Waals surface area contributed by atoms with Crippen molar-refractivity contribution in [2.75, 3.05) is 4.31 Å². The predicted octanol–water partition coefficient (Wildman–Crippen LogP) is 5.35. The number of imidazole rings is 1. The Morgan fingerprint density at radius 3 is 2.43 bits per heavy atom. The standard InChI is InChI=1S/C26H32FN3O4S/c1-6-10-23-28-21(7-2)24(25(31)32)29(23)16-18-14-13-17(15-20(18)27)19-11-8-9-12-22(19)30(35(33)34)26(3,4)5/h8-9,11-15H,6-7,10,16H2,1-5H3,(H,31,32)(H,33,34)/p-1. The molecule has 0 fully saturated rings. The molecule has 9 heteroatoms. The molecule has 0 saturated carbocycles. The van der Waals surface area contributed by atoms with Crippen LogP contribution in [0.25, 0.3) is 11.1 Å². The zero-order valence-electron chi connectivity index (χ0n) is 20.7. The number of carbonyl (C=O) groups is 1. The van der Waals surface area contributed by atoms with Crippen LogP contribution in [0.1, 0.15) is 68.6 Å². The molecule has 1 N–H and O–H groups in total. The molecule has 0 radical (unpaired) electrons. The van der Waals surface area contributed by atoms with Crippen molar-refractivity contribution in [2.45, 2.75) is 66.0 Å². The fourth-order valence-corrected chi connectivity index (χ4v) is 4.96. The smallest absolute Gasteiger partial charge is 0.354 e. The number of anilines is 1. The molecule has 0 saturated heterocycles. The summed E-state index contributed by atoms with van der Waals surface area (Å²) in [5.41, 5.74) is 1.72. The van der Waals surface area contributed by atoms with E-state index in [1.807, 2.05) is 13.8 Å². The van der Waals surface area contributed by atoms with Crippen molar-refractivity contribution >= 4 is 22.9 Å². The second kappa shape index (κ2) is 10.7. The predicted molar refractivity (Wildman–Crippen MR) is 135 cm³/mol. The summed E-state index contributed by atoms with van der Waals surface area (Å²) in [6, 6.07) is 11.7. The van der Waals surface area contributed by atoms with E-state index in [2.05, 4.69) is 4.98 Å². The van der Waals surface area contributed by atoms with Crippen molar-refractivity contribution in [3.05, 3.63) is 71.1 Å². The summed E-state index contributed by atoms with van der Waals surface area (Å²) in [6.07, 6.45) is 1.83. The van der Waals surface area contributed by atoms with E-state index in [4.69, 9.17) is 0 Å². The van der Waals surface area contributed by atoms with Gasteiger partial charge < -0.3 is 14.2 Å². The summed E-state index contributed by atoms with van der Waals surface area (Å²) >= 11 is -2.53. The summed E-state index contributed by atoms with van der Waals surface area (Å²) in [7, 11) is 0. The number of aromatic nitrogens is 2. The molecule has 35 heavy (non-hydrogen) atoms. The van der Waals surface area contributed by atoms with Gasteiger partial charge in [0.2, 0.25) is 0 Å². The van der Waals surface area contributed by atoms with Crippen LogP contribution in [-0.4, -0.2) is 34.9 Å². The molecule has 1 atom stereocenters. The van der Waals surface area contributed by atoms with Gasteiger partial charge in [0.1, 0.15) is 11.6 Å². The number of carboxylic acid groups (broad SMARTS) is 1. The minimum Gasteiger partial charge on any atom is -0.755 e. The maximum absolute atomic E-state index is 15.4. The molecule has 1 aromatic heterocycles. The van der Waals surface area contributed by atoms with Crippen molar-refractivity contribution < 1.29 is 23.1 Å². The monoisotopic (exact) mass is 500 g/mol. The number of rotatable bonds is 9. The Morgan fingerprint density at radius 1 is 1.20 bits per heavy atom. The van der Waals surface area contributed by atoms with Crippen LogP contribution in [0.3, 0.4) is 0 Å². The van der Waals surface area contributed by atoms with E-state index in [1.165, 1.54) is 10.4 Å². The molecule has 3 rings (SSSR count). The lowest BCUT2D eigenvalue weighted by atomic mass is 9.99. The fraction of sp³-hybridized carbons (Fsp3) is 0.385. The molecule has 2 aromatic carbocycles. The molecule has 0 amide bonds. The Bertz CT molecular complexity index is 1250. The van der Waals surface area contributed by atoms with Gasteiger partial charge in [0.25, 0.3) is 0 Å². The van der Waals surface area contributed by atoms with Crippen LogP contribution < -0.4 is 4.31 Å². The van der Waals surface area contributed by atoms with Crippen molar-refractivity contribution in [2.24, 2.45) is 0 Å². The van der Waals surface area contributed by atoms with Gasteiger partial charge in [-0.2, -0.15) is 0 Å². The number of carboxylic acids is 1. The van der Waals surface area contributed by atoms with Gasteiger partial charge in [0.15, 0.2) is 5.69 Å². The number of hydrogen-bond donors (Lipinski definition) is 1. The minimum absolute atomic E-state index is 0.0381. The fourth-order valence-electron chi connectivity index (χ4n) is 4.20. The highest BCUT2D eigenvalue weighted by Crippen LogP contribution is 2.36.